The van der Waals surface area contributed by atoms with Gasteiger partial charge in [0.15, 0.2) is 0 Å². The van der Waals surface area contributed by atoms with Crippen LogP contribution in [0, 0.1) is 0 Å². The van der Waals surface area contributed by atoms with Crippen LogP contribution >= 0.6 is 0 Å². The van der Waals surface area contributed by atoms with Gasteiger partial charge in [-0.15, -0.1) is 0 Å². The van der Waals surface area contributed by atoms with Crippen LogP contribution in [0.1, 0.15) is 18.3 Å². The number of hydrazine groups is 1. The first-order valence-corrected chi connectivity index (χ1v) is 5.41. The maximum Gasteiger partial charge on any atom is 0.145 e. The Morgan fingerprint density at radius 1 is 1.35 bits per heavy atom. The summed E-state index contributed by atoms with van der Waals surface area (Å²) >= 11 is 0. The molecule has 4 N–H and O–H groups in total. The molecule has 6 nitrogen and oxygen atoms in total. The standard InChI is InChI=1S/C11H15N5O/c1-2-9-14-10(5-11(15-9)16-12)13-6-8-3-4-17-7-8/h3-5,7H,2,6,12H2,1H3,(H2,13,14,15,16). The second-order valence-electron chi connectivity index (χ2n) is 3.54. The van der Waals surface area contributed by atoms with Crippen LogP contribution in [-0.2, 0) is 13.0 Å². The van der Waals surface area contributed by atoms with Gasteiger partial charge in [0.05, 0.1) is 12.5 Å². The number of nitrogens with zero attached hydrogens (tertiary/aromatic N) is 2. The Balaban J connectivity index is 2.09. The van der Waals surface area contributed by atoms with Crippen LogP contribution in [0.25, 0.3) is 0 Å². The van der Waals surface area contributed by atoms with Crippen LogP contribution in [0.2, 0.25) is 0 Å². The molecule has 2 aromatic heterocycles. The van der Waals surface area contributed by atoms with E-state index in [1.807, 2.05) is 13.0 Å². The number of hydrogen-bond donors (Lipinski definition) is 3. The summed E-state index contributed by atoms with van der Waals surface area (Å²) in [5, 5.41) is 3.19. The molecular formula is C11H15N5O. The van der Waals surface area contributed by atoms with Crippen LogP contribution < -0.4 is 16.6 Å². The summed E-state index contributed by atoms with van der Waals surface area (Å²) < 4.78 is 4.99. The lowest BCUT2D eigenvalue weighted by atomic mass is 10.3. The highest BCUT2D eigenvalue weighted by molar-refractivity contribution is 5.47. The highest BCUT2D eigenvalue weighted by Gasteiger charge is 2.02. The van der Waals surface area contributed by atoms with E-state index in [2.05, 4.69) is 20.7 Å². The van der Waals surface area contributed by atoms with Crippen molar-refractivity contribution in [3.05, 3.63) is 36.0 Å². The van der Waals surface area contributed by atoms with Crippen LogP contribution in [0.5, 0.6) is 0 Å². The van der Waals surface area contributed by atoms with Gasteiger partial charge in [-0.1, -0.05) is 6.92 Å². The predicted octanol–water partition coefficient (Wildman–Crippen LogP) is 1.53. The monoisotopic (exact) mass is 233 g/mol. The number of aryl methyl sites for hydroxylation is 1. The van der Waals surface area contributed by atoms with E-state index < -0.39 is 0 Å². The second-order valence-corrected chi connectivity index (χ2v) is 3.54. The average Bonchev–Trinajstić information content (AvgIpc) is 2.89. The van der Waals surface area contributed by atoms with Crippen LogP contribution in [-0.4, -0.2) is 9.97 Å². The zero-order chi connectivity index (χ0) is 12.1. The third-order valence-corrected chi connectivity index (χ3v) is 2.29. The third-order valence-electron chi connectivity index (χ3n) is 2.29. The molecule has 0 aromatic carbocycles. The Morgan fingerprint density at radius 3 is 2.82 bits per heavy atom. The smallest absolute Gasteiger partial charge is 0.145 e. The zero-order valence-electron chi connectivity index (χ0n) is 9.60. The molecule has 0 unspecified atom stereocenters. The zero-order valence-corrected chi connectivity index (χ0v) is 9.60. The van der Waals surface area contributed by atoms with Crippen molar-refractivity contribution in [1.82, 2.24) is 9.97 Å². The normalized spacial score (nSPS) is 10.2. The molecule has 0 radical (unpaired) electrons. The molecule has 0 spiro atoms. The van der Waals surface area contributed by atoms with E-state index in [1.165, 1.54) is 0 Å². The summed E-state index contributed by atoms with van der Waals surface area (Å²) in [5.41, 5.74) is 3.58. The Labute approximate surface area is 99.2 Å². The molecule has 0 saturated heterocycles. The first-order valence-electron chi connectivity index (χ1n) is 5.41. The van der Waals surface area contributed by atoms with Gasteiger partial charge in [0.1, 0.15) is 17.5 Å². The van der Waals surface area contributed by atoms with E-state index in [1.54, 1.807) is 18.6 Å². The third kappa shape index (κ3) is 2.94. The molecule has 0 fully saturated rings. The summed E-state index contributed by atoms with van der Waals surface area (Å²) in [6, 6.07) is 3.66. The fourth-order valence-electron chi connectivity index (χ4n) is 1.41. The number of hydrogen-bond acceptors (Lipinski definition) is 6. The predicted molar refractivity (Wildman–Crippen MR) is 65.3 cm³/mol. The highest BCUT2D eigenvalue weighted by Crippen LogP contribution is 2.12. The molecule has 0 aliphatic carbocycles. The topological polar surface area (TPSA) is 89.0 Å². The second kappa shape index (κ2) is 5.31. The first-order chi connectivity index (χ1) is 8.31. The minimum Gasteiger partial charge on any atom is -0.472 e. The van der Waals surface area contributed by atoms with E-state index in [4.69, 9.17) is 10.3 Å². The van der Waals surface area contributed by atoms with Gasteiger partial charge >= 0.3 is 0 Å². The van der Waals surface area contributed by atoms with Gasteiger partial charge in [0, 0.05) is 24.6 Å². The minimum absolute atomic E-state index is 0.603. The van der Waals surface area contributed by atoms with Gasteiger partial charge in [-0.05, 0) is 6.07 Å². The number of furan rings is 1. The van der Waals surface area contributed by atoms with Gasteiger partial charge in [0.25, 0.3) is 0 Å². The van der Waals surface area contributed by atoms with E-state index >= 15 is 0 Å². The molecule has 2 heterocycles. The molecule has 0 amide bonds. The van der Waals surface area contributed by atoms with Gasteiger partial charge in [-0.25, -0.2) is 15.8 Å². The molecule has 0 aliphatic rings. The summed E-state index contributed by atoms with van der Waals surface area (Å²) in [6.45, 7) is 2.65. The molecular weight excluding hydrogens is 218 g/mol. The van der Waals surface area contributed by atoms with Crippen molar-refractivity contribution in [1.29, 1.82) is 0 Å². The SMILES string of the molecule is CCc1nc(NN)cc(NCc2ccoc2)n1. The Hall–Kier alpha value is -2.08. The molecule has 2 rings (SSSR count). The molecule has 0 aliphatic heterocycles. The van der Waals surface area contributed by atoms with Crippen LogP contribution in [0.15, 0.2) is 29.1 Å². The highest BCUT2D eigenvalue weighted by atomic mass is 16.3. The lowest BCUT2D eigenvalue weighted by Crippen LogP contribution is -2.12. The number of aromatic nitrogens is 2. The Kier molecular flexibility index (Phi) is 3.56. The van der Waals surface area contributed by atoms with Crippen molar-refractivity contribution in [2.45, 2.75) is 19.9 Å². The quantitative estimate of drug-likeness (QED) is 0.536. The summed E-state index contributed by atoms with van der Waals surface area (Å²) in [4.78, 5) is 8.56. The lowest BCUT2D eigenvalue weighted by molar-refractivity contribution is 0.564. The summed E-state index contributed by atoms with van der Waals surface area (Å²) in [7, 11) is 0. The molecule has 0 saturated carbocycles. The van der Waals surface area contributed by atoms with Gasteiger partial charge in [0.2, 0.25) is 0 Å². The number of anilines is 2. The molecule has 17 heavy (non-hydrogen) atoms. The van der Waals surface area contributed by atoms with E-state index in [0.717, 1.165) is 23.6 Å². The number of rotatable bonds is 5. The van der Waals surface area contributed by atoms with Crippen molar-refractivity contribution in [3.63, 3.8) is 0 Å². The molecule has 90 valence electrons. The number of nitrogens with one attached hydrogen (secondary N) is 2. The van der Waals surface area contributed by atoms with E-state index in [0.29, 0.717) is 12.4 Å². The van der Waals surface area contributed by atoms with Crippen molar-refractivity contribution in [3.8, 4) is 0 Å². The summed E-state index contributed by atoms with van der Waals surface area (Å²) in [6.07, 6.45) is 4.09. The molecule has 0 atom stereocenters. The Morgan fingerprint density at radius 2 is 2.18 bits per heavy atom. The van der Waals surface area contributed by atoms with E-state index in [9.17, 15) is 0 Å². The maximum atomic E-state index is 5.35. The van der Waals surface area contributed by atoms with Gasteiger partial charge in [-0.3, -0.25) is 0 Å². The largest absolute Gasteiger partial charge is 0.472 e. The number of nitrogens with two attached hydrogens (primary N) is 1. The average molecular weight is 233 g/mol. The van der Waals surface area contributed by atoms with Gasteiger partial charge in [-0.2, -0.15) is 0 Å². The Bertz CT molecular complexity index is 446. The van der Waals surface area contributed by atoms with Crippen molar-refractivity contribution in [2.75, 3.05) is 10.7 Å². The van der Waals surface area contributed by atoms with Crippen molar-refractivity contribution < 1.29 is 4.42 Å². The number of nitrogen functional groups attached to an aromatic ring is 1. The van der Waals surface area contributed by atoms with Gasteiger partial charge < -0.3 is 15.2 Å². The van der Waals surface area contributed by atoms with Crippen molar-refractivity contribution in [2.24, 2.45) is 5.84 Å². The fraction of sp³-hybridized carbons (Fsp3) is 0.273. The van der Waals surface area contributed by atoms with Crippen molar-refractivity contribution >= 4 is 11.6 Å². The summed E-state index contributed by atoms with van der Waals surface area (Å²) in [5.74, 6) is 7.44. The van der Waals surface area contributed by atoms with E-state index in [-0.39, 0.29) is 0 Å². The molecule has 6 heteroatoms. The minimum atomic E-state index is 0.603. The van der Waals surface area contributed by atoms with Crippen LogP contribution in [0.4, 0.5) is 11.6 Å². The maximum absolute atomic E-state index is 5.35. The lowest BCUT2D eigenvalue weighted by Gasteiger charge is -2.08. The fourth-order valence-corrected chi connectivity index (χ4v) is 1.41. The van der Waals surface area contributed by atoms with Crippen LogP contribution in [0.3, 0.4) is 0 Å². The first kappa shape index (κ1) is 11.4. The molecule has 2 aromatic rings. The molecule has 0 bridgehead atoms.